The smallest absolute Gasteiger partial charge is 0.320 e. The molecule has 1 aliphatic heterocycles. The number of benzodiazepines with no additional fused rings is 1. The molecule has 2 atom stereocenters. The van der Waals surface area contributed by atoms with Gasteiger partial charge >= 0.3 is 6.03 Å². The van der Waals surface area contributed by atoms with Crippen LogP contribution in [-0.2, 0) is 9.59 Å². The topological polar surface area (TPSA) is 90.9 Å². The number of nitrogens with zero attached hydrogens (tertiary/aromatic N) is 2. The first-order valence-corrected chi connectivity index (χ1v) is 12.5. The summed E-state index contributed by atoms with van der Waals surface area (Å²) >= 11 is 6.29. The Morgan fingerprint density at radius 1 is 1.16 bits per heavy atom. The van der Waals surface area contributed by atoms with Crippen molar-refractivity contribution in [3.63, 3.8) is 0 Å². The van der Waals surface area contributed by atoms with Crippen molar-refractivity contribution < 1.29 is 14.4 Å². The lowest BCUT2D eigenvalue weighted by molar-refractivity contribution is -0.130. The summed E-state index contributed by atoms with van der Waals surface area (Å²) in [5.74, 6) is -0.262. The zero-order chi connectivity index (χ0) is 26.8. The second kappa shape index (κ2) is 10.3. The summed E-state index contributed by atoms with van der Waals surface area (Å²) in [5.41, 5.74) is 1.15. The van der Waals surface area contributed by atoms with Gasteiger partial charge in [-0.1, -0.05) is 62.7 Å². The second-order valence-electron chi connectivity index (χ2n) is 10.4. The largest absolute Gasteiger partial charge is 0.350 e. The van der Waals surface area contributed by atoms with Crippen LogP contribution in [0, 0.1) is 12.3 Å². The number of carbonyl (C=O) groups is 3. The molecule has 37 heavy (non-hydrogen) atoms. The van der Waals surface area contributed by atoms with Gasteiger partial charge in [0.15, 0.2) is 5.78 Å². The van der Waals surface area contributed by atoms with Gasteiger partial charge in [-0.15, -0.1) is 0 Å². The molecule has 2 N–H and O–H groups in total. The first-order valence-electron chi connectivity index (χ1n) is 12.2. The highest BCUT2D eigenvalue weighted by Gasteiger charge is 2.46. The Balaban J connectivity index is 1.71. The number of nitrogens with one attached hydrogen (secondary N) is 2. The van der Waals surface area contributed by atoms with Gasteiger partial charge < -0.3 is 15.5 Å². The lowest BCUT2D eigenvalue weighted by atomic mass is 9.76. The number of carbonyl (C=O) groups excluding carboxylic acids is 3. The fourth-order valence-corrected chi connectivity index (χ4v) is 4.60. The summed E-state index contributed by atoms with van der Waals surface area (Å²) in [5, 5.41) is 6.25. The molecule has 0 fully saturated rings. The number of amides is 2. The molecule has 1 aliphatic carbocycles. The Hall–Kier alpha value is -3.71. The van der Waals surface area contributed by atoms with Gasteiger partial charge in [-0.2, -0.15) is 0 Å². The van der Waals surface area contributed by atoms with Crippen LogP contribution in [0.1, 0.15) is 38.3 Å². The maximum atomic E-state index is 13.6. The Kier molecular flexibility index (Phi) is 7.37. The molecular formula is C29H31ClN4O3. The summed E-state index contributed by atoms with van der Waals surface area (Å²) in [6.45, 7) is 7.63. The molecular weight excluding hydrogens is 488 g/mol. The van der Waals surface area contributed by atoms with Gasteiger partial charge in [0.25, 0.3) is 0 Å². The molecule has 7 nitrogen and oxygen atoms in total. The van der Waals surface area contributed by atoms with E-state index in [0.29, 0.717) is 22.0 Å². The quantitative estimate of drug-likeness (QED) is 0.548. The summed E-state index contributed by atoms with van der Waals surface area (Å²) in [7, 11) is 0. The van der Waals surface area contributed by atoms with E-state index in [1.807, 2.05) is 56.9 Å². The number of aryl methyl sites for hydroxylation is 1. The fraction of sp³-hybridized carbons (Fsp3) is 0.310. The monoisotopic (exact) mass is 518 g/mol. The number of halogens is 1. The Morgan fingerprint density at radius 2 is 1.95 bits per heavy atom. The zero-order valence-electron chi connectivity index (χ0n) is 21.4. The van der Waals surface area contributed by atoms with E-state index in [0.717, 1.165) is 5.56 Å². The fourth-order valence-electron chi connectivity index (χ4n) is 4.42. The van der Waals surface area contributed by atoms with Gasteiger partial charge in [-0.25, -0.2) is 4.79 Å². The SMILES string of the molecule is Cc1cccc(NC(=O)NC2CN(C3(CC(=O)C(C)(C)C)C=CC=CC3=O)c3ccc(Cl)cc3C=N2)c1. The first-order chi connectivity index (χ1) is 17.5. The zero-order valence-corrected chi connectivity index (χ0v) is 22.2. The number of allylic oxidation sites excluding steroid dienone is 2. The Labute approximate surface area is 222 Å². The predicted octanol–water partition coefficient (Wildman–Crippen LogP) is 5.47. The molecule has 2 amide bonds. The molecule has 8 heteroatoms. The van der Waals surface area contributed by atoms with Crippen LogP contribution in [-0.4, -0.2) is 42.1 Å². The van der Waals surface area contributed by atoms with Crippen molar-refractivity contribution >= 4 is 46.8 Å². The van der Waals surface area contributed by atoms with Gasteiger partial charge in [-0.05, 0) is 48.9 Å². The molecule has 2 aliphatic rings. The molecule has 2 aromatic rings. The molecule has 1 heterocycles. The van der Waals surface area contributed by atoms with Crippen LogP contribution in [0.5, 0.6) is 0 Å². The van der Waals surface area contributed by atoms with Gasteiger partial charge in [0, 0.05) is 40.0 Å². The molecule has 2 aromatic carbocycles. The number of hydrogen-bond acceptors (Lipinski definition) is 5. The van der Waals surface area contributed by atoms with E-state index in [-0.39, 0.29) is 24.5 Å². The third-order valence-corrected chi connectivity index (χ3v) is 6.74. The standard InChI is InChI=1S/C29H31ClN4O3/c1-19-8-7-9-22(14-19)32-27(37)33-26-18-34(23-12-11-21(30)15-20(23)17-31-26)29(13-6-5-10-24(29)35)16-25(36)28(2,3)4/h5-15,17,26H,16,18H2,1-4H3,(H2,32,33,37). The van der Waals surface area contributed by atoms with Gasteiger partial charge in [0.2, 0.25) is 0 Å². The number of rotatable bonds is 5. The van der Waals surface area contributed by atoms with Crippen LogP contribution in [0.15, 0.2) is 71.8 Å². The van der Waals surface area contributed by atoms with E-state index in [1.165, 1.54) is 6.08 Å². The van der Waals surface area contributed by atoms with Crippen molar-refractivity contribution in [1.82, 2.24) is 5.32 Å². The molecule has 0 saturated heterocycles. The van der Waals surface area contributed by atoms with Crippen LogP contribution in [0.4, 0.5) is 16.2 Å². The molecule has 0 spiro atoms. The third-order valence-electron chi connectivity index (χ3n) is 6.51. The van der Waals surface area contributed by atoms with Crippen molar-refractivity contribution in [3.05, 3.63) is 82.9 Å². The summed E-state index contributed by atoms with van der Waals surface area (Å²) in [4.78, 5) is 46.2. The molecule has 2 unspecified atom stereocenters. The molecule has 0 saturated carbocycles. The van der Waals surface area contributed by atoms with Crippen molar-refractivity contribution in [1.29, 1.82) is 0 Å². The number of hydrogen-bond donors (Lipinski definition) is 2. The summed E-state index contributed by atoms with van der Waals surface area (Å²) in [6.07, 6.45) is 7.63. The number of ketones is 2. The highest BCUT2D eigenvalue weighted by Crippen LogP contribution is 2.38. The minimum atomic E-state index is -1.28. The number of aliphatic imine (C=N–C) groups is 1. The first kappa shape index (κ1) is 26.4. The van der Waals surface area contributed by atoms with Crippen LogP contribution in [0.25, 0.3) is 0 Å². The normalized spacial score (nSPS) is 20.8. The van der Waals surface area contributed by atoms with Crippen LogP contribution in [0.2, 0.25) is 5.02 Å². The van der Waals surface area contributed by atoms with E-state index in [1.54, 1.807) is 42.6 Å². The highest BCUT2D eigenvalue weighted by atomic mass is 35.5. The lowest BCUT2D eigenvalue weighted by Gasteiger charge is -2.44. The lowest BCUT2D eigenvalue weighted by Crippen LogP contribution is -2.59. The number of benzene rings is 2. The number of fused-ring (bicyclic) bond motifs is 1. The Morgan fingerprint density at radius 3 is 2.65 bits per heavy atom. The maximum Gasteiger partial charge on any atom is 0.320 e. The van der Waals surface area contributed by atoms with Crippen molar-refractivity contribution in [2.45, 2.75) is 45.8 Å². The van der Waals surface area contributed by atoms with Gasteiger partial charge in [0.1, 0.15) is 17.5 Å². The molecule has 0 radical (unpaired) electrons. The molecule has 192 valence electrons. The van der Waals surface area contributed by atoms with E-state index < -0.39 is 23.2 Å². The van der Waals surface area contributed by atoms with Gasteiger partial charge in [0.05, 0.1) is 6.54 Å². The minimum Gasteiger partial charge on any atom is -0.350 e. The third kappa shape index (κ3) is 5.83. The second-order valence-corrected chi connectivity index (χ2v) is 10.9. The number of Topliss-reactive ketones (excluding diaryl/α,β-unsaturated/α-hetero) is 1. The highest BCUT2D eigenvalue weighted by molar-refractivity contribution is 6.31. The van der Waals surface area contributed by atoms with Crippen LogP contribution in [0.3, 0.4) is 0 Å². The van der Waals surface area contributed by atoms with Crippen molar-refractivity contribution in [3.8, 4) is 0 Å². The Bertz CT molecular complexity index is 1320. The maximum absolute atomic E-state index is 13.6. The molecule has 4 rings (SSSR count). The number of anilines is 2. The predicted molar refractivity (Wildman–Crippen MR) is 149 cm³/mol. The van der Waals surface area contributed by atoms with E-state index in [9.17, 15) is 14.4 Å². The van der Waals surface area contributed by atoms with Crippen LogP contribution < -0.4 is 15.5 Å². The summed E-state index contributed by atoms with van der Waals surface area (Å²) < 4.78 is 0. The van der Waals surface area contributed by atoms with E-state index >= 15 is 0 Å². The summed E-state index contributed by atoms with van der Waals surface area (Å²) in [6, 6.07) is 12.4. The molecule has 0 aromatic heterocycles. The molecule has 0 bridgehead atoms. The average molecular weight is 519 g/mol. The van der Waals surface area contributed by atoms with Crippen LogP contribution >= 0.6 is 11.6 Å². The minimum absolute atomic E-state index is 0.0273. The van der Waals surface area contributed by atoms with Crippen molar-refractivity contribution in [2.75, 3.05) is 16.8 Å². The van der Waals surface area contributed by atoms with E-state index in [4.69, 9.17) is 11.6 Å². The number of urea groups is 1. The van der Waals surface area contributed by atoms with Crippen molar-refractivity contribution in [2.24, 2.45) is 10.4 Å². The van der Waals surface area contributed by atoms with E-state index in [2.05, 4.69) is 15.6 Å². The van der Waals surface area contributed by atoms with Gasteiger partial charge in [-0.3, -0.25) is 14.6 Å². The average Bonchev–Trinajstić information content (AvgIpc) is 2.99.